The first-order valence-corrected chi connectivity index (χ1v) is 11.0. The second-order valence-electron chi connectivity index (χ2n) is 8.10. The van der Waals surface area contributed by atoms with Crippen LogP contribution < -0.4 is 4.74 Å². The Bertz CT molecular complexity index is 816. The lowest BCUT2D eigenvalue weighted by molar-refractivity contribution is 0.299. The van der Waals surface area contributed by atoms with E-state index < -0.39 is 0 Å². The van der Waals surface area contributed by atoms with Crippen LogP contribution >= 0.6 is 12.6 Å². The fraction of sp³-hybridized carbons (Fsp3) is 0.440. The molecule has 0 amide bonds. The molecule has 2 rings (SSSR count). The summed E-state index contributed by atoms with van der Waals surface area (Å²) in [6.07, 6.45) is 1.09. The summed E-state index contributed by atoms with van der Waals surface area (Å²) in [4.78, 5) is 5.92. The summed E-state index contributed by atoms with van der Waals surface area (Å²) in [6, 6.07) is 12.0. The zero-order valence-corrected chi connectivity index (χ0v) is 20.2. The van der Waals surface area contributed by atoms with Crippen LogP contribution in [0.5, 0.6) is 5.75 Å². The van der Waals surface area contributed by atoms with Crippen LogP contribution in [-0.2, 0) is 6.42 Å². The van der Waals surface area contributed by atoms with Crippen molar-refractivity contribution < 1.29 is 4.74 Å². The number of nitrogens with zero attached hydrogens (tertiary/aromatic N) is 2. The molecule has 0 fully saturated rings. The molecule has 164 valence electrons. The smallest absolute Gasteiger partial charge is 0.151 e. The monoisotopic (exact) mass is 427 g/mol. The van der Waals surface area contributed by atoms with E-state index in [0.717, 1.165) is 36.7 Å². The Morgan fingerprint density at radius 3 is 2.30 bits per heavy atom. The van der Waals surface area contributed by atoms with Crippen molar-refractivity contribution >= 4 is 25.2 Å². The Labute approximate surface area is 188 Å². The van der Waals surface area contributed by atoms with Crippen LogP contribution in [0.4, 0.5) is 0 Å². The van der Waals surface area contributed by atoms with Gasteiger partial charge in [-0.1, -0.05) is 49.7 Å². The van der Waals surface area contributed by atoms with Crippen LogP contribution in [0.25, 0.3) is 0 Å². The molecule has 0 aromatic heterocycles. The number of rotatable bonds is 8. The molecule has 0 radical (unpaired) electrons. The summed E-state index contributed by atoms with van der Waals surface area (Å²) >= 11 is 4.11. The van der Waals surface area contributed by atoms with Crippen molar-refractivity contribution in [2.45, 2.75) is 41.0 Å². The second kappa shape index (κ2) is 13.2. The number of ether oxygens (including phenoxy) is 1. The summed E-state index contributed by atoms with van der Waals surface area (Å²) in [5, 5.41) is 7.32. The highest BCUT2D eigenvalue weighted by atomic mass is 32.1. The molecule has 4 nitrogen and oxygen atoms in total. The highest BCUT2D eigenvalue weighted by molar-refractivity contribution is 7.80. The molecule has 0 aliphatic heterocycles. The topological polar surface area (TPSA) is 48.7 Å². The van der Waals surface area contributed by atoms with E-state index >= 15 is 0 Å². The lowest BCUT2D eigenvalue weighted by atomic mass is 10.0. The van der Waals surface area contributed by atoms with E-state index in [2.05, 4.69) is 76.1 Å². The number of likely N-dealkylation sites (N-methyl/N-ethyl adjacent to an activating group) is 1. The molecule has 0 heterocycles. The van der Waals surface area contributed by atoms with Crippen molar-refractivity contribution in [1.82, 2.24) is 4.90 Å². The maximum absolute atomic E-state index is 7.32. The Hall–Kier alpha value is -2.11. The third kappa shape index (κ3) is 9.14. The Kier molecular flexibility index (Phi) is 11.4. The molecule has 0 aliphatic rings. The summed E-state index contributed by atoms with van der Waals surface area (Å²) in [5.74, 6) is 2.33. The lowest BCUT2D eigenvalue weighted by Gasteiger charge is -2.20. The van der Waals surface area contributed by atoms with Crippen molar-refractivity contribution in [3.63, 3.8) is 0 Å². The molecule has 0 saturated heterocycles. The van der Waals surface area contributed by atoms with E-state index in [1.165, 1.54) is 22.3 Å². The van der Waals surface area contributed by atoms with Gasteiger partial charge in [0.25, 0.3) is 0 Å². The van der Waals surface area contributed by atoms with Gasteiger partial charge in [-0.2, -0.15) is 0 Å². The van der Waals surface area contributed by atoms with Gasteiger partial charge < -0.3 is 9.64 Å². The van der Waals surface area contributed by atoms with Crippen LogP contribution in [-0.4, -0.2) is 43.5 Å². The number of hydrogen-bond donors (Lipinski definition) is 2. The first-order valence-electron chi connectivity index (χ1n) is 10.3. The third-order valence-electron chi connectivity index (χ3n) is 4.78. The molecule has 0 spiro atoms. The van der Waals surface area contributed by atoms with E-state index in [1.807, 2.05) is 31.2 Å². The van der Waals surface area contributed by atoms with E-state index in [9.17, 15) is 0 Å². The number of nitrogens with one attached hydrogen (secondary N) is 1. The molecule has 30 heavy (non-hydrogen) atoms. The van der Waals surface area contributed by atoms with Crippen LogP contribution in [0.15, 0.2) is 41.4 Å². The van der Waals surface area contributed by atoms with Gasteiger partial charge in [0, 0.05) is 18.7 Å². The van der Waals surface area contributed by atoms with Crippen molar-refractivity contribution in [2.24, 2.45) is 10.9 Å². The normalized spacial score (nSPS) is 10.6. The minimum atomic E-state index is 0.227. The van der Waals surface area contributed by atoms with Crippen LogP contribution in [0.1, 0.15) is 41.7 Å². The van der Waals surface area contributed by atoms with Gasteiger partial charge in [-0.05, 0) is 69.6 Å². The van der Waals surface area contributed by atoms with Crippen molar-refractivity contribution in [2.75, 3.05) is 26.1 Å². The summed E-state index contributed by atoms with van der Waals surface area (Å²) in [6.45, 7) is 16.3. The van der Waals surface area contributed by atoms with Gasteiger partial charge in [0.2, 0.25) is 0 Å². The first kappa shape index (κ1) is 25.9. The number of aliphatic imine (C=N–C) groups is 1. The van der Waals surface area contributed by atoms with Gasteiger partial charge in [0.15, 0.2) is 5.84 Å². The molecule has 0 saturated carbocycles. The fourth-order valence-electron chi connectivity index (χ4n) is 3.17. The third-order valence-corrected chi connectivity index (χ3v) is 4.91. The van der Waals surface area contributed by atoms with Crippen molar-refractivity contribution in [3.8, 4) is 5.75 Å². The van der Waals surface area contributed by atoms with Crippen LogP contribution in [0, 0.1) is 32.1 Å². The molecular formula is C25H37N3OS. The Morgan fingerprint density at radius 2 is 1.77 bits per heavy atom. The fourth-order valence-corrected chi connectivity index (χ4v) is 3.31. The Balaban J connectivity index is 0.000000346. The minimum Gasteiger partial charge on any atom is -0.483 e. The summed E-state index contributed by atoms with van der Waals surface area (Å²) < 4.78 is 5.50. The van der Waals surface area contributed by atoms with E-state index in [1.54, 1.807) is 0 Å². The average Bonchev–Trinajstić information content (AvgIpc) is 2.69. The molecule has 0 atom stereocenters. The average molecular weight is 428 g/mol. The van der Waals surface area contributed by atoms with E-state index in [4.69, 9.17) is 10.1 Å². The largest absolute Gasteiger partial charge is 0.483 e. The zero-order valence-electron chi connectivity index (χ0n) is 19.3. The lowest BCUT2D eigenvalue weighted by Crippen LogP contribution is -2.25. The van der Waals surface area contributed by atoms with Gasteiger partial charge in [0.05, 0.1) is 0 Å². The van der Waals surface area contributed by atoms with Gasteiger partial charge in [-0.15, -0.1) is 12.6 Å². The summed E-state index contributed by atoms with van der Waals surface area (Å²) in [5.41, 5.74) is 5.91. The highest BCUT2D eigenvalue weighted by Gasteiger charge is 2.07. The molecule has 2 aromatic carbocycles. The van der Waals surface area contributed by atoms with E-state index in [0.29, 0.717) is 5.94 Å². The molecule has 5 heteroatoms. The van der Waals surface area contributed by atoms with Crippen LogP contribution in [0.2, 0.25) is 0 Å². The summed E-state index contributed by atoms with van der Waals surface area (Å²) in [7, 11) is 2.20. The van der Waals surface area contributed by atoms with Gasteiger partial charge in [-0.25, -0.2) is 4.99 Å². The predicted octanol–water partition coefficient (Wildman–Crippen LogP) is 5.72. The van der Waals surface area contributed by atoms with Gasteiger partial charge >= 0.3 is 0 Å². The second-order valence-corrected chi connectivity index (χ2v) is 8.35. The predicted molar refractivity (Wildman–Crippen MR) is 134 cm³/mol. The maximum atomic E-state index is 7.32. The molecule has 0 unspecified atom stereocenters. The molecular weight excluding hydrogens is 390 g/mol. The zero-order chi connectivity index (χ0) is 22.7. The first-order chi connectivity index (χ1) is 14.2. The molecule has 2 aromatic rings. The number of thiol groups is 1. The molecule has 0 bridgehead atoms. The highest BCUT2D eigenvalue weighted by Crippen LogP contribution is 2.23. The number of benzene rings is 2. The minimum absolute atomic E-state index is 0.227. The van der Waals surface area contributed by atoms with Crippen molar-refractivity contribution in [3.05, 3.63) is 64.2 Å². The SMILES string of the molecule is C=NC(=N)c1ccc(C)cc1.Cc1cc(OCS)c(C)cc1CCN(C)CC(C)C. The van der Waals surface area contributed by atoms with Gasteiger partial charge in [0.1, 0.15) is 11.7 Å². The molecule has 0 aliphatic carbocycles. The number of hydrogen-bond acceptors (Lipinski definition) is 4. The van der Waals surface area contributed by atoms with Crippen LogP contribution in [0.3, 0.4) is 0 Å². The maximum Gasteiger partial charge on any atom is 0.151 e. The van der Waals surface area contributed by atoms with Crippen molar-refractivity contribution in [1.29, 1.82) is 5.41 Å². The number of amidine groups is 1. The molecule has 1 N–H and O–H groups in total. The van der Waals surface area contributed by atoms with Gasteiger partial charge in [-0.3, -0.25) is 5.41 Å². The Morgan fingerprint density at radius 1 is 1.13 bits per heavy atom. The quantitative estimate of drug-likeness (QED) is 0.245. The van der Waals surface area contributed by atoms with E-state index in [-0.39, 0.29) is 5.84 Å². The standard InChI is InChI=1S/C16H27NOS.C9H10N2/c1-12(2)10-17(5)7-6-15-8-14(4)16(18-11-19)9-13(15)3;1-7-3-5-8(6-4-7)9(10)11-2/h8-9,12,19H,6-7,10-11H2,1-5H3;3-6,10H,2H2,1H3. The number of aryl methyl sites for hydroxylation is 3.